The predicted octanol–water partition coefficient (Wildman–Crippen LogP) is 3.02. The van der Waals surface area contributed by atoms with Crippen LogP contribution in [0.5, 0.6) is 11.5 Å². The summed E-state index contributed by atoms with van der Waals surface area (Å²) in [5, 5.41) is 0. The van der Waals surface area contributed by atoms with Crippen LogP contribution in [0.1, 0.15) is 44.1 Å². The SMILES string of the molecule is COc1cc(CN)cc(OCC2CCC3(CCCC3)O2)c1. The highest BCUT2D eigenvalue weighted by molar-refractivity contribution is 5.38. The highest BCUT2D eigenvalue weighted by atomic mass is 16.6. The summed E-state index contributed by atoms with van der Waals surface area (Å²) in [6.07, 6.45) is 7.57. The third-order valence-corrected chi connectivity index (χ3v) is 4.70. The zero-order valence-electron chi connectivity index (χ0n) is 12.8. The van der Waals surface area contributed by atoms with Gasteiger partial charge in [0.2, 0.25) is 0 Å². The molecular formula is C17H25NO3. The van der Waals surface area contributed by atoms with Crippen LogP contribution >= 0.6 is 0 Å². The van der Waals surface area contributed by atoms with Gasteiger partial charge in [0.15, 0.2) is 0 Å². The topological polar surface area (TPSA) is 53.7 Å². The zero-order valence-corrected chi connectivity index (χ0v) is 12.8. The molecule has 1 aromatic carbocycles. The Morgan fingerprint density at radius 2 is 1.95 bits per heavy atom. The highest BCUT2D eigenvalue weighted by Crippen LogP contribution is 2.43. The molecule has 1 saturated heterocycles. The molecule has 0 radical (unpaired) electrons. The van der Waals surface area contributed by atoms with Gasteiger partial charge in [-0.3, -0.25) is 0 Å². The van der Waals surface area contributed by atoms with Crippen molar-refractivity contribution in [3.63, 3.8) is 0 Å². The van der Waals surface area contributed by atoms with E-state index in [-0.39, 0.29) is 11.7 Å². The molecule has 1 heterocycles. The fourth-order valence-corrected chi connectivity index (χ4v) is 3.54. The van der Waals surface area contributed by atoms with Crippen LogP contribution in [0.2, 0.25) is 0 Å². The van der Waals surface area contributed by atoms with Gasteiger partial charge < -0.3 is 19.9 Å². The van der Waals surface area contributed by atoms with Crippen LogP contribution in [0, 0.1) is 0 Å². The molecule has 1 aliphatic carbocycles. The summed E-state index contributed by atoms with van der Waals surface area (Å²) in [5.41, 5.74) is 6.89. The second-order valence-corrected chi connectivity index (χ2v) is 6.20. The van der Waals surface area contributed by atoms with Gasteiger partial charge in [0.1, 0.15) is 18.1 Å². The molecule has 116 valence electrons. The van der Waals surface area contributed by atoms with Gasteiger partial charge >= 0.3 is 0 Å². The van der Waals surface area contributed by atoms with Crippen molar-refractivity contribution in [1.29, 1.82) is 0 Å². The molecule has 1 atom stereocenters. The molecule has 4 heteroatoms. The molecule has 0 bridgehead atoms. The van der Waals surface area contributed by atoms with Crippen molar-refractivity contribution in [3.8, 4) is 11.5 Å². The molecule has 4 nitrogen and oxygen atoms in total. The van der Waals surface area contributed by atoms with Crippen molar-refractivity contribution in [3.05, 3.63) is 23.8 Å². The van der Waals surface area contributed by atoms with Gasteiger partial charge in [0.25, 0.3) is 0 Å². The smallest absolute Gasteiger partial charge is 0.123 e. The summed E-state index contributed by atoms with van der Waals surface area (Å²) >= 11 is 0. The van der Waals surface area contributed by atoms with Gasteiger partial charge in [-0.1, -0.05) is 12.8 Å². The Labute approximate surface area is 126 Å². The number of hydrogen-bond donors (Lipinski definition) is 1. The van der Waals surface area contributed by atoms with Crippen LogP contribution in [0.15, 0.2) is 18.2 Å². The first-order valence-corrected chi connectivity index (χ1v) is 7.92. The molecule has 2 aliphatic rings. The van der Waals surface area contributed by atoms with Gasteiger partial charge in [-0.05, 0) is 43.4 Å². The lowest BCUT2D eigenvalue weighted by Gasteiger charge is -2.23. The van der Waals surface area contributed by atoms with E-state index in [0.717, 1.165) is 23.5 Å². The van der Waals surface area contributed by atoms with Crippen LogP contribution in [0.3, 0.4) is 0 Å². The van der Waals surface area contributed by atoms with Crippen LogP contribution in [0.25, 0.3) is 0 Å². The summed E-state index contributed by atoms with van der Waals surface area (Å²) in [6.45, 7) is 1.09. The van der Waals surface area contributed by atoms with Gasteiger partial charge in [0, 0.05) is 12.6 Å². The molecule has 2 fully saturated rings. The molecule has 21 heavy (non-hydrogen) atoms. The molecule has 2 N–H and O–H groups in total. The molecule has 1 aliphatic heterocycles. The van der Waals surface area contributed by atoms with E-state index in [0.29, 0.717) is 13.2 Å². The second kappa shape index (κ2) is 6.24. The molecule has 1 spiro atoms. The van der Waals surface area contributed by atoms with Crippen LogP contribution in [0.4, 0.5) is 0 Å². The first-order chi connectivity index (χ1) is 10.2. The standard InChI is InChI=1S/C17H25NO3/c1-19-15-8-13(11-18)9-16(10-15)20-12-14-4-7-17(21-14)5-2-3-6-17/h8-10,14H,2-7,11-12,18H2,1H3. The Kier molecular flexibility index (Phi) is 4.36. The highest BCUT2D eigenvalue weighted by Gasteiger charge is 2.42. The van der Waals surface area contributed by atoms with Crippen LogP contribution in [-0.2, 0) is 11.3 Å². The average molecular weight is 291 g/mol. The molecule has 1 aromatic rings. The van der Waals surface area contributed by atoms with E-state index in [1.165, 1.54) is 32.1 Å². The van der Waals surface area contributed by atoms with Gasteiger partial charge in [-0.2, -0.15) is 0 Å². The van der Waals surface area contributed by atoms with Crippen molar-refractivity contribution in [1.82, 2.24) is 0 Å². The third kappa shape index (κ3) is 3.33. The van der Waals surface area contributed by atoms with Crippen molar-refractivity contribution in [2.75, 3.05) is 13.7 Å². The third-order valence-electron chi connectivity index (χ3n) is 4.70. The van der Waals surface area contributed by atoms with Crippen LogP contribution in [-0.4, -0.2) is 25.4 Å². The van der Waals surface area contributed by atoms with Crippen molar-refractivity contribution >= 4 is 0 Å². The van der Waals surface area contributed by atoms with Crippen LogP contribution < -0.4 is 15.2 Å². The lowest BCUT2D eigenvalue weighted by atomic mass is 9.98. The maximum atomic E-state index is 6.26. The van der Waals surface area contributed by atoms with E-state index >= 15 is 0 Å². The Balaban J connectivity index is 1.58. The molecule has 0 aromatic heterocycles. The number of ether oxygens (including phenoxy) is 3. The predicted molar refractivity (Wildman–Crippen MR) is 81.7 cm³/mol. The van der Waals surface area contributed by atoms with Crippen molar-refractivity contribution < 1.29 is 14.2 Å². The number of rotatable bonds is 5. The largest absolute Gasteiger partial charge is 0.497 e. The maximum Gasteiger partial charge on any atom is 0.123 e. The summed E-state index contributed by atoms with van der Waals surface area (Å²) in [4.78, 5) is 0. The normalized spacial score (nSPS) is 23.6. The number of benzene rings is 1. The summed E-state index contributed by atoms with van der Waals surface area (Å²) in [7, 11) is 1.66. The Hall–Kier alpha value is -1.26. The van der Waals surface area contributed by atoms with E-state index in [1.807, 2.05) is 18.2 Å². The Morgan fingerprint density at radius 1 is 1.19 bits per heavy atom. The number of methoxy groups -OCH3 is 1. The van der Waals surface area contributed by atoms with E-state index in [1.54, 1.807) is 7.11 Å². The first kappa shape index (κ1) is 14.7. The number of hydrogen-bond acceptors (Lipinski definition) is 4. The summed E-state index contributed by atoms with van der Waals surface area (Å²) in [5.74, 6) is 1.60. The minimum absolute atomic E-state index is 0.171. The fraction of sp³-hybridized carbons (Fsp3) is 0.647. The minimum Gasteiger partial charge on any atom is -0.497 e. The van der Waals surface area contributed by atoms with E-state index in [2.05, 4.69) is 0 Å². The van der Waals surface area contributed by atoms with Gasteiger partial charge in [-0.25, -0.2) is 0 Å². The van der Waals surface area contributed by atoms with Crippen molar-refractivity contribution in [2.24, 2.45) is 5.73 Å². The monoisotopic (exact) mass is 291 g/mol. The lowest BCUT2D eigenvalue weighted by Crippen LogP contribution is -2.27. The average Bonchev–Trinajstić information content (AvgIpc) is 3.15. The van der Waals surface area contributed by atoms with Gasteiger partial charge in [0.05, 0.1) is 18.8 Å². The maximum absolute atomic E-state index is 6.26. The molecule has 1 saturated carbocycles. The van der Waals surface area contributed by atoms with E-state index in [4.69, 9.17) is 19.9 Å². The summed E-state index contributed by atoms with van der Waals surface area (Å²) < 4.78 is 17.5. The Morgan fingerprint density at radius 3 is 2.67 bits per heavy atom. The van der Waals surface area contributed by atoms with Gasteiger partial charge in [-0.15, -0.1) is 0 Å². The lowest BCUT2D eigenvalue weighted by molar-refractivity contribution is -0.0509. The first-order valence-electron chi connectivity index (χ1n) is 7.92. The number of nitrogens with two attached hydrogens (primary N) is 1. The molecule has 3 rings (SSSR count). The fourth-order valence-electron chi connectivity index (χ4n) is 3.54. The van der Waals surface area contributed by atoms with E-state index < -0.39 is 0 Å². The minimum atomic E-state index is 0.171. The quantitative estimate of drug-likeness (QED) is 0.906. The molecule has 0 amide bonds. The zero-order chi connectivity index (χ0) is 14.7. The molecular weight excluding hydrogens is 266 g/mol. The van der Waals surface area contributed by atoms with E-state index in [9.17, 15) is 0 Å². The second-order valence-electron chi connectivity index (χ2n) is 6.20. The summed E-state index contributed by atoms with van der Waals surface area (Å²) in [6, 6.07) is 5.81. The van der Waals surface area contributed by atoms with Crippen molar-refractivity contribution in [2.45, 2.75) is 56.8 Å². The molecule has 1 unspecified atom stereocenters. The Bertz CT molecular complexity index is 461.